The number of pyridine rings is 1. The van der Waals surface area contributed by atoms with Crippen molar-refractivity contribution in [2.45, 2.75) is 75.7 Å². The Hall–Kier alpha value is -1.30. The molecule has 0 spiro atoms. The highest BCUT2D eigenvalue weighted by Crippen LogP contribution is 2.36. The average Bonchev–Trinajstić information content (AvgIpc) is 2.66. The molecule has 1 heterocycles. The first-order valence-electron chi connectivity index (χ1n) is 10.6. The van der Waals surface area contributed by atoms with Crippen molar-refractivity contribution >= 4 is 20.1 Å². The van der Waals surface area contributed by atoms with Crippen LogP contribution >= 0.6 is 11.8 Å². The molecule has 1 aromatic carbocycles. The molecular formula is C24H37NO2SSi. The molecule has 0 bridgehead atoms. The smallest absolute Gasteiger partial charge is 0.227 e. The molecule has 2 aromatic rings. The molecule has 160 valence electrons. The summed E-state index contributed by atoms with van der Waals surface area (Å²) in [4.78, 5) is 5.73. The number of hydrogen-bond acceptors (Lipinski definition) is 4. The monoisotopic (exact) mass is 431 g/mol. The van der Waals surface area contributed by atoms with Gasteiger partial charge in [0.1, 0.15) is 0 Å². The lowest BCUT2D eigenvalue weighted by Crippen LogP contribution is -2.40. The van der Waals surface area contributed by atoms with Crippen LogP contribution in [0.1, 0.15) is 51.3 Å². The molecule has 0 amide bonds. The van der Waals surface area contributed by atoms with Crippen molar-refractivity contribution in [2.75, 3.05) is 13.2 Å². The van der Waals surface area contributed by atoms with E-state index in [0.29, 0.717) is 6.61 Å². The first kappa shape index (κ1) is 24.0. The number of benzene rings is 1. The van der Waals surface area contributed by atoms with Gasteiger partial charge in [-0.2, -0.15) is 0 Å². The maximum atomic E-state index is 6.25. The standard InChI is InChI=1S/C24H37NO2SSi/c1-20-15-16-22(28-19-21-13-9-7-10-14-21)23(25-20)26-17-11-8-12-18-27-29(5,6)24(2,3)4/h7,9-10,13-16H,8,11-12,17-19H2,1-6H3. The van der Waals surface area contributed by atoms with E-state index in [2.05, 4.69) is 75.2 Å². The molecule has 0 radical (unpaired) electrons. The summed E-state index contributed by atoms with van der Waals surface area (Å²) in [6, 6.07) is 14.7. The summed E-state index contributed by atoms with van der Waals surface area (Å²) >= 11 is 1.78. The number of aryl methyl sites for hydroxylation is 1. The minimum Gasteiger partial charge on any atom is -0.477 e. The summed E-state index contributed by atoms with van der Waals surface area (Å²) in [5, 5.41) is 0.279. The van der Waals surface area contributed by atoms with Gasteiger partial charge in [0.15, 0.2) is 8.32 Å². The minimum atomic E-state index is -1.62. The van der Waals surface area contributed by atoms with Crippen molar-refractivity contribution < 1.29 is 9.16 Å². The molecule has 5 heteroatoms. The van der Waals surface area contributed by atoms with E-state index in [1.807, 2.05) is 13.0 Å². The molecule has 3 nitrogen and oxygen atoms in total. The SMILES string of the molecule is Cc1ccc(SCc2ccccc2)c(OCCCCCO[Si](C)(C)C(C)(C)C)n1. The average molecular weight is 432 g/mol. The summed E-state index contributed by atoms with van der Waals surface area (Å²) in [6.45, 7) is 15.1. The van der Waals surface area contributed by atoms with Crippen LogP contribution in [0, 0.1) is 6.92 Å². The Morgan fingerprint density at radius 2 is 1.62 bits per heavy atom. The summed E-state index contributed by atoms with van der Waals surface area (Å²) in [7, 11) is -1.62. The number of ether oxygens (including phenoxy) is 1. The Bertz CT molecular complexity index is 744. The molecule has 1 aromatic heterocycles. The quantitative estimate of drug-likeness (QED) is 0.213. The molecule has 0 aliphatic rings. The number of hydrogen-bond donors (Lipinski definition) is 0. The fourth-order valence-corrected chi connectivity index (χ4v) is 4.56. The number of aromatic nitrogens is 1. The van der Waals surface area contributed by atoms with Crippen molar-refractivity contribution in [1.82, 2.24) is 4.98 Å². The van der Waals surface area contributed by atoms with Gasteiger partial charge in [-0.25, -0.2) is 4.98 Å². The molecule has 0 N–H and O–H groups in total. The number of thioether (sulfide) groups is 1. The molecule has 29 heavy (non-hydrogen) atoms. The largest absolute Gasteiger partial charge is 0.477 e. The Balaban J connectivity index is 1.74. The van der Waals surface area contributed by atoms with E-state index in [4.69, 9.17) is 9.16 Å². The third kappa shape index (κ3) is 8.15. The molecule has 0 fully saturated rings. The van der Waals surface area contributed by atoms with Gasteiger partial charge in [-0.3, -0.25) is 0 Å². The van der Waals surface area contributed by atoms with Crippen LogP contribution in [0.5, 0.6) is 5.88 Å². The molecule has 0 saturated heterocycles. The van der Waals surface area contributed by atoms with Crippen LogP contribution in [0.3, 0.4) is 0 Å². The third-order valence-electron chi connectivity index (χ3n) is 5.50. The first-order valence-corrected chi connectivity index (χ1v) is 14.5. The molecule has 0 atom stereocenters. The minimum absolute atomic E-state index is 0.279. The fourth-order valence-electron chi connectivity index (χ4n) is 2.56. The van der Waals surface area contributed by atoms with Gasteiger partial charge in [-0.05, 0) is 62.0 Å². The zero-order valence-corrected chi connectivity index (χ0v) is 20.8. The van der Waals surface area contributed by atoms with Gasteiger partial charge in [0.25, 0.3) is 0 Å². The van der Waals surface area contributed by atoms with E-state index >= 15 is 0 Å². The van der Waals surface area contributed by atoms with Gasteiger partial charge >= 0.3 is 0 Å². The Morgan fingerprint density at radius 3 is 2.31 bits per heavy atom. The molecule has 0 aliphatic carbocycles. The van der Waals surface area contributed by atoms with Crippen LogP contribution in [-0.4, -0.2) is 26.5 Å². The summed E-state index contributed by atoms with van der Waals surface area (Å²) < 4.78 is 12.3. The topological polar surface area (TPSA) is 31.4 Å². The van der Waals surface area contributed by atoms with Crippen molar-refractivity contribution in [1.29, 1.82) is 0 Å². The van der Waals surface area contributed by atoms with E-state index < -0.39 is 8.32 Å². The second kappa shape index (κ2) is 11.2. The zero-order valence-electron chi connectivity index (χ0n) is 19.0. The van der Waals surface area contributed by atoms with Gasteiger partial charge in [-0.15, -0.1) is 11.8 Å². The van der Waals surface area contributed by atoms with Crippen molar-refractivity contribution in [2.24, 2.45) is 0 Å². The summed E-state index contributed by atoms with van der Waals surface area (Å²) in [5.41, 5.74) is 2.30. The lowest BCUT2D eigenvalue weighted by molar-refractivity contribution is 0.258. The zero-order chi connectivity index (χ0) is 21.3. The lowest BCUT2D eigenvalue weighted by atomic mass is 10.2. The van der Waals surface area contributed by atoms with Crippen LogP contribution < -0.4 is 4.74 Å². The maximum Gasteiger partial charge on any atom is 0.227 e. The van der Waals surface area contributed by atoms with Gasteiger partial charge in [0, 0.05) is 18.1 Å². The summed E-state index contributed by atoms with van der Waals surface area (Å²) in [5.74, 6) is 1.69. The normalized spacial score (nSPS) is 12.2. The Kier molecular flexibility index (Phi) is 9.25. The van der Waals surface area contributed by atoms with E-state index in [0.717, 1.165) is 48.1 Å². The predicted octanol–water partition coefficient (Wildman–Crippen LogP) is 7.25. The number of rotatable bonds is 11. The van der Waals surface area contributed by atoms with Crippen molar-refractivity contribution in [3.05, 3.63) is 53.7 Å². The molecule has 0 unspecified atom stereocenters. The number of nitrogens with zero attached hydrogens (tertiary/aromatic N) is 1. The third-order valence-corrected chi connectivity index (χ3v) is 11.1. The van der Waals surface area contributed by atoms with Crippen LogP contribution in [-0.2, 0) is 10.2 Å². The van der Waals surface area contributed by atoms with Gasteiger partial charge < -0.3 is 9.16 Å². The van der Waals surface area contributed by atoms with E-state index in [-0.39, 0.29) is 5.04 Å². The van der Waals surface area contributed by atoms with Crippen molar-refractivity contribution in [3.8, 4) is 5.88 Å². The fraction of sp³-hybridized carbons (Fsp3) is 0.542. The van der Waals surface area contributed by atoms with E-state index in [1.54, 1.807) is 11.8 Å². The second-order valence-corrected chi connectivity index (χ2v) is 14.9. The van der Waals surface area contributed by atoms with Crippen LogP contribution in [0.2, 0.25) is 18.1 Å². The highest BCUT2D eigenvalue weighted by molar-refractivity contribution is 7.98. The highest BCUT2D eigenvalue weighted by Gasteiger charge is 2.36. The van der Waals surface area contributed by atoms with Crippen LogP contribution in [0.15, 0.2) is 47.4 Å². The van der Waals surface area contributed by atoms with Gasteiger partial charge in [-0.1, -0.05) is 51.1 Å². The van der Waals surface area contributed by atoms with Crippen LogP contribution in [0.25, 0.3) is 0 Å². The van der Waals surface area contributed by atoms with Gasteiger partial charge in [0.2, 0.25) is 5.88 Å². The molecule has 2 rings (SSSR count). The maximum absolute atomic E-state index is 6.25. The highest BCUT2D eigenvalue weighted by atomic mass is 32.2. The molecule has 0 aliphatic heterocycles. The van der Waals surface area contributed by atoms with E-state index in [1.165, 1.54) is 5.56 Å². The Labute approximate surface area is 182 Å². The second-order valence-electron chi connectivity index (χ2n) is 9.05. The van der Waals surface area contributed by atoms with Crippen molar-refractivity contribution in [3.63, 3.8) is 0 Å². The van der Waals surface area contributed by atoms with Crippen LogP contribution in [0.4, 0.5) is 0 Å². The molecule has 0 saturated carbocycles. The number of unbranched alkanes of at least 4 members (excludes halogenated alkanes) is 2. The molecular weight excluding hydrogens is 394 g/mol. The predicted molar refractivity (Wildman–Crippen MR) is 127 cm³/mol. The van der Waals surface area contributed by atoms with Gasteiger partial charge in [0.05, 0.1) is 11.5 Å². The van der Waals surface area contributed by atoms with E-state index in [9.17, 15) is 0 Å². The first-order chi connectivity index (χ1) is 13.7. The summed E-state index contributed by atoms with van der Waals surface area (Å²) in [6.07, 6.45) is 3.24. The Morgan fingerprint density at radius 1 is 0.931 bits per heavy atom. The lowest BCUT2D eigenvalue weighted by Gasteiger charge is -2.36.